The van der Waals surface area contributed by atoms with Gasteiger partial charge in [0.25, 0.3) is 0 Å². The molecule has 0 saturated carbocycles. The number of piperazine rings is 1. The molecule has 1 fully saturated rings. The molecule has 0 aliphatic carbocycles. The standard InChI is InChI=1S/C21H23FN4O3/c1-25-7-9-26(10-8-25)18(13-3-2-4-14(22)11-13)21(29)23-15-5-6-16-17(12-15)20(28)24-19(16)27/h2-6,11-12,18,24,27-28H,7-10H2,1H3,(H,23,29). The van der Waals surface area contributed by atoms with Crippen LogP contribution in [0.25, 0.3) is 10.8 Å². The molecule has 1 saturated heterocycles. The van der Waals surface area contributed by atoms with Crippen molar-refractivity contribution in [1.82, 2.24) is 14.8 Å². The third kappa shape index (κ3) is 3.90. The molecule has 152 valence electrons. The number of carbonyl (C=O) groups is 1. The fraction of sp³-hybridized carbons (Fsp3) is 0.286. The van der Waals surface area contributed by atoms with Crippen LogP contribution < -0.4 is 5.32 Å². The molecule has 7 nitrogen and oxygen atoms in total. The van der Waals surface area contributed by atoms with Gasteiger partial charge < -0.3 is 20.4 Å². The first-order valence-electron chi connectivity index (χ1n) is 9.45. The first kappa shape index (κ1) is 19.2. The number of anilines is 1. The zero-order chi connectivity index (χ0) is 20.5. The lowest BCUT2D eigenvalue weighted by molar-refractivity contribution is -0.122. The molecular formula is C21H23FN4O3. The van der Waals surface area contributed by atoms with Gasteiger partial charge in [-0.05, 0) is 42.9 Å². The molecule has 1 aliphatic rings. The number of carbonyl (C=O) groups excluding carboxylic acids is 1. The molecule has 4 rings (SSSR count). The number of aromatic hydroxyl groups is 2. The highest BCUT2D eigenvalue weighted by Crippen LogP contribution is 2.34. The van der Waals surface area contributed by atoms with Gasteiger partial charge in [-0.2, -0.15) is 0 Å². The van der Waals surface area contributed by atoms with E-state index in [9.17, 15) is 19.4 Å². The number of fused-ring (bicyclic) bond motifs is 1. The largest absolute Gasteiger partial charge is 0.494 e. The Morgan fingerprint density at radius 2 is 1.79 bits per heavy atom. The Kier molecular flexibility index (Phi) is 5.12. The van der Waals surface area contributed by atoms with Crippen molar-refractivity contribution in [1.29, 1.82) is 0 Å². The summed E-state index contributed by atoms with van der Waals surface area (Å²) >= 11 is 0. The summed E-state index contributed by atoms with van der Waals surface area (Å²) in [5, 5.41) is 23.4. The molecular weight excluding hydrogens is 375 g/mol. The number of H-pyrrole nitrogens is 1. The summed E-state index contributed by atoms with van der Waals surface area (Å²) in [5.41, 5.74) is 1.07. The Bertz CT molecular complexity index is 1040. The molecule has 4 N–H and O–H groups in total. The van der Waals surface area contributed by atoms with E-state index in [2.05, 4.69) is 15.2 Å². The lowest BCUT2D eigenvalue weighted by Crippen LogP contribution is -2.48. The molecule has 1 aromatic heterocycles. The molecule has 2 aromatic carbocycles. The number of hydrogen-bond acceptors (Lipinski definition) is 5. The van der Waals surface area contributed by atoms with Crippen molar-refractivity contribution in [3.63, 3.8) is 0 Å². The maximum absolute atomic E-state index is 13.9. The summed E-state index contributed by atoms with van der Waals surface area (Å²) in [6.07, 6.45) is 0. The van der Waals surface area contributed by atoms with Gasteiger partial charge in [0.2, 0.25) is 5.91 Å². The molecule has 1 unspecified atom stereocenters. The third-order valence-electron chi connectivity index (χ3n) is 5.35. The van der Waals surface area contributed by atoms with Crippen molar-refractivity contribution in [2.24, 2.45) is 0 Å². The number of amides is 1. The molecule has 3 aromatic rings. The van der Waals surface area contributed by atoms with Crippen molar-refractivity contribution < 1.29 is 19.4 Å². The van der Waals surface area contributed by atoms with Crippen LogP contribution in [0.1, 0.15) is 11.6 Å². The topological polar surface area (TPSA) is 91.8 Å². The minimum absolute atomic E-state index is 0.134. The van der Waals surface area contributed by atoms with Crippen LogP contribution in [0.2, 0.25) is 0 Å². The molecule has 29 heavy (non-hydrogen) atoms. The van der Waals surface area contributed by atoms with Gasteiger partial charge in [0, 0.05) is 42.6 Å². The average molecular weight is 398 g/mol. The minimum atomic E-state index is -0.636. The minimum Gasteiger partial charge on any atom is -0.494 e. The Balaban J connectivity index is 1.63. The highest BCUT2D eigenvalue weighted by molar-refractivity contribution is 6.00. The van der Waals surface area contributed by atoms with E-state index in [0.717, 1.165) is 13.1 Å². The van der Waals surface area contributed by atoms with Crippen LogP contribution >= 0.6 is 0 Å². The first-order valence-corrected chi connectivity index (χ1v) is 9.45. The predicted octanol–water partition coefficient (Wildman–Crippen LogP) is 2.65. The number of nitrogens with one attached hydrogen (secondary N) is 2. The lowest BCUT2D eigenvalue weighted by atomic mass is 10.0. The van der Waals surface area contributed by atoms with Crippen LogP contribution in [0, 0.1) is 5.82 Å². The van der Waals surface area contributed by atoms with E-state index in [4.69, 9.17) is 0 Å². The summed E-state index contributed by atoms with van der Waals surface area (Å²) < 4.78 is 13.9. The number of aromatic amines is 1. The Morgan fingerprint density at radius 3 is 2.52 bits per heavy atom. The summed E-state index contributed by atoms with van der Waals surface area (Å²) in [4.78, 5) is 19.9. The van der Waals surface area contributed by atoms with E-state index < -0.39 is 6.04 Å². The molecule has 1 atom stereocenters. The number of benzene rings is 2. The molecule has 0 radical (unpaired) electrons. The fourth-order valence-electron chi connectivity index (χ4n) is 3.77. The van der Waals surface area contributed by atoms with E-state index in [0.29, 0.717) is 35.1 Å². The second-order valence-electron chi connectivity index (χ2n) is 7.37. The Morgan fingerprint density at radius 1 is 1.07 bits per heavy atom. The molecule has 0 spiro atoms. The van der Waals surface area contributed by atoms with Gasteiger partial charge in [-0.3, -0.25) is 14.7 Å². The van der Waals surface area contributed by atoms with Gasteiger partial charge >= 0.3 is 0 Å². The number of likely N-dealkylation sites (N-methyl/N-ethyl adjacent to an activating group) is 1. The van der Waals surface area contributed by atoms with Gasteiger partial charge in [0.1, 0.15) is 11.9 Å². The maximum Gasteiger partial charge on any atom is 0.246 e. The predicted molar refractivity (Wildman–Crippen MR) is 108 cm³/mol. The van der Waals surface area contributed by atoms with E-state index in [1.54, 1.807) is 30.3 Å². The number of rotatable bonds is 4. The van der Waals surface area contributed by atoms with Crippen molar-refractivity contribution in [2.45, 2.75) is 6.04 Å². The number of halogens is 1. The summed E-state index contributed by atoms with van der Waals surface area (Å²) in [7, 11) is 2.03. The van der Waals surface area contributed by atoms with Crippen molar-refractivity contribution in [3.8, 4) is 11.8 Å². The van der Waals surface area contributed by atoms with Gasteiger partial charge in [0.05, 0.1) is 0 Å². The van der Waals surface area contributed by atoms with Crippen molar-refractivity contribution in [3.05, 3.63) is 53.8 Å². The first-order chi connectivity index (χ1) is 13.9. The third-order valence-corrected chi connectivity index (χ3v) is 5.35. The highest BCUT2D eigenvalue weighted by Gasteiger charge is 2.30. The normalized spacial score (nSPS) is 16.8. The molecule has 0 bridgehead atoms. The van der Waals surface area contributed by atoms with Crippen LogP contribution in [-0.2, 0) is 4.79 Å². The van der Waals surface area contributed by atoms with Gasteiger partial charge in [0.15, 0.2) is 11.8 Å². The summed E-state index contributed by atoms with van der Waals surface area (Å²) in [5.74, 6) is -0.970. The summed E-state index contributed by atoms with van der Waals surface area (Å²) in [6, 6.07) is 10.3. The Labute approximate surface area is 167 Å². The van der Waals surface area contributed by atoms with E-state index in [1.165, 1.54) is 12.1 Å². The smallest absolute Gasteiger partial charge is 0.246 e. The zero-order valence-electron chi connectivity index (χ0n) is 16.0. The monoisotopic (exact) mass is 398 g/mol. The van der Waals surface area contributed by atoms with Crippen LogP contribution in [0.3, 0.4) is 0 Å². The molecule has 2 heterocycles. The van der Waals surface area contributed by atoms with Gasteiger partial charge in [-0.15, -0.1) is 0 Å². The lowest BCUT2D eigenvalue weighted by Gasteiger charge is -2.37. The summed E-state index contributed by atoms with van der Waals surface area (Å²) in [6.45, 7) is 3.02. The number of aromatic nitrogens is 1. The zero-order valence-corrected chi connectivity index (χ0v) is 16.0. The number of nitrogens with zero attached hydrogens (tertiary/aromatic N) is 2. The van der Waals surface area contributed by atoms with Crippen LogP contribution in [-0.4, -0.2) is 64.1 Å². The van der Waals surface area contributed by atoms with Crippen LogP contribution in [0.5, 0.6) is 11.8 Å². The van der Waals surface area contributed by atoms with Gasteiger partial charge in [-0.1, -0.05) is 12.1 Å². The molecule has 1 aliphatic heterocycles. The van der Waals surface area contributed by atoms with Crippen molar-refractivity contribution in [2.75, 3.05) is 38.5 Å². The number of hydrogen-bond donors (Lipinski definition) is 4. The second-order valence-corrected chi connectivity index (χ2v) is 7.37. The second kappa shape index (κ2) is 7.73. The quantitative estimate of drug-likeness (QED) is 0.542. The van der Waals surface area contributed by atoms with E-state index in [1.807, 2.05) is 11.9 Å². The van der Waals surface area contributed by atoms with E-state index in [-0.39, 0.29) is 23.5 Å². The van der Waals surface area contributed by atoms with E-state index >= 15 is 0 Å². The highest BCUT2D eigenvalue weighted by atomic mass is 19.1. The Hall–Kier alpha value is -3.10. The fourth-order valence-corrected chi connectivity index (χ4v) is 3.77. The molecule has 1 amide bonds. The SMILES string of the molecule is CN1CCN(C(C(=O)Nc2ccc3c(O)[nH]c(O)c3c2)c2cccc(F)c2)CC1. The van der Waals surface area contributed by atoms with Crippen LogP contribution in [0.4, 0.5) is 10.1 Å². The maximum atomic E-state index is 13.9. The van der Waals surface area contributed by atoms with Crippen LogP contribution in [0.15, 0.2) is 42.5 Å². The van der Waals surface area contributed by atoms with Crippen molar-refractivity contribution >= 4 is 22.4 Å². The molecule has 8 heteroatoms. The average Bonchev–Trinajstić information content (AvgIpc) is 2.97. The van der Waals surface area contributed by atoms with Gasteiger partial charge in [-0.25, -0.2) is 4.39 Å².